The van der Waals surface area contributed by atoms with Crippen LogP contribution in [0.2, 0.25) is 0 Å². The molecular weight excluding hydrogens is 522 g/mol. The number of allylic oxidation sites excluding steroid dienone is 1. The second-order valence-corrected chi connectivity index (χ2v) is 11.1. The number of unbranched alkanes of at least 4 members (excludes halogenated alkanes) is 1. The number of nitrogens with zero attached hydrogens (tertiary/aromatic N) is 3. The zero-order valence-electron chi connectivity index (χ0n) is 24.7. The molecule has 0 saturated carbocycles. The predicted molar refractivity (Wildman–Crippen MR) is 159 cm³/mol. The summed E-state index contributed by atoms with van der Waals surface area (Å²) in [5.41, 5.74) is -0.310. The van der Waals surface area contributed by atoms with Gasteiger partial charge in [-0.25, -0.2) is 0 Å². The Morgan fingerprint density at radius 1 is 1.12 bits per heavy atom. The molecule has 0 aliphatic carbocycles. The monoisotopic (exact) mass is 567 g/mol. The summed E-state index contributed by atoms with van der Waals surface area (Å²) in [5.74, 6) is -2.76. The zero-order chi connectivity index (χ0) is 29.8. The van der Waals surface area contributed by atoms with Gasteiger partial charge in [0.25, 0.3) is 5.91 Å². The van der Waals surface area contributed by atoms with Crippen LogP contribution in [0.3, 0.4) is 0 Å². The number of aliphatic hydroxyl groups is 1. The van der Waals surface area contributed by atoms with Gasteiger partial charge < -0.3 is 29.3 Å². The number of hydrogen-bond acceptors (Lipinski definition) is 7. The third-order valence-electron chi connectivity index (χ3n) is 9.17. The third-order valence-corrected chi connectivity index (χ3v) is 9.17. The lowest BCUT2D eigenvalue weighted by Gasteiger charge is -2.36. The number of β-amino-alcohol motifs (C(OH)–C–C–N with tert-alkyl or cyclic N) is 1. The molecule has 0 radical (unpaired) electrons. The lowest BCUT2D eigenvalue weighted by molar-refractivity contribution is -0.161. The van der Waals surface area contributed by atoms with E-state index in [9.17, 15) is 19.5 Å². The maximum Gasteiger partial charge on any atom is 0.312 e. The number of anilines is 2. The largest absolute Gasteiger partial charge is 0.465 e. The second kappa shape index (κ2) is 12.8. The molecule has 3 aliphatic heterocycles. The summed E-state index contributed by atoms with van der Waals surface area (Å²) in [5, 5.41) is 9.92. The van der Waals surface area contributed by atoms with Crippen molar-refractivity contribution < 1.29 is 29.0 Å². The van der Waals surface area contributed by atoms with Crippen molar-refractivity contribution in [3.63, 3.8) is 0 Å². The predicted octanol–water partition coefficient (Wildman–Crippen LogP) is 3.71. The standard InChI is InChI=1S/C32H45N3O6/c1-6-11-12-22-40-30(39)26-25-28(37)35(20-21-36)27(32(25)18-17-31(26,8-3)41-32)29(38)34(19-7-2)24-15-13-23(14-16-24)33(9-4)10-5/h6-7,13-16,25-27,36H,1-2,8-12,17-22H2,3-5H3/t25-,26-,27?,31+,32?/m0/s1. The van der Waals surface area contributed by atoms with Crippen molar-refractivity contribution in [3.8, 4) is 0 Å². The second-order valence-electron chi connectivity index (χ2n) is 11.1. The molecule has 1 aromatic rings. The highest BCUT2D eigenvalue weighted by atomic mass is 16.6. The van der Waals surface area contributed by atoms with Gasteiger partial charge in [-0.05, 0) is 70.2 Å². The molecule has 2 bridgehead atoms. The van der Waals surface area contributed by atoms with Crippen LogP contribution in [0.5, 0.6) is 0 Å². The van der Waals surface area contributed by atoms with Crippen LogP contribution in [0, 0.1) is 11.8 Å². The first-order valence-electron chi connectivity index (χ1n) is 14.9. The summed E-state index contributed by atoms with van der Waals surface area (Å²) in [7, 11) is 0. The average Bonchev–Trinajstić information content (AvgIpc) is 3.58. The molecule has 224 valence electrons. The molecule has 1 N–H and O–H groups in total. The minimum absolute atomic E-state index is 0.0279. The van der Waals surface area contributed by atoms with Gasteiger partial charge in [0.05, 0.1) is 24.7 Å². The molecule has 3 aliphatic rings. The quantitative estimate of drug-likeness (QED) is 0.196. The van der Waals surface area contributed by atoms with Crippen LogP contribution in [-0.4, -0.2) is 84.4 Å². The summed E-state index contributed by atoms with van der Waals surface area (Å²) >= 11 is 0. The Hall–Kier alpha value is -3.17. The summed E-state index contributed by atoms with van der Waals surface area (Å²) in [6.45, 7) is 15.6. The molecule has 2 unspecified atom stereocenters. The molecule has 4 rings (SSSR count). The van der Waals surface area contributed by atoms with Crippen LogP contribution >= 0.6 is 0 Å². The first kappa shape index (κ1) is 30.8. The lowest BCUT2D eigenvalue weighted by atomic mass is 9.65. The van der Waals surface area contributed by atoms with Crippen molar-refractivity contribution in [2.75, 3.05) is 49.2 Å². The Morgan fingerprint density at radius 3 is 2.39 bits per heavy atom. The van der Waals surface area contributed by atoms with E-state index in [1.165, 1.54) is 4.90 Å². The Kier molecular flexibility index (Phi) is 9.59. The number of benzene rings is 1. The van der Waals surface area contributed by atoms with E-state index in [1.54, 1.807) is 17.1 Å². The third kappa shape index (κ3) is 5.18. The van der Waals surface area contributed by atoms with Gasteiger partial charge in [-0.3, -0.25) is 14.4 Å². The Labute approximate surface area is 243 Å². The average molecular weight is 568 g/mol. The molecule has 5 atom stereocenters. The molecular formula is C32H45N3O6. The van der Waals surface area contributed by atoms with Crippen LogP contribution in [0.4, 0.5) is 11.4 Å². The van der Waals surface area contributed by atoms with Crippen LogP contribution < -0.4 is 9.80 Å². The van der Waals surface area contributed by atoms with Crippen molar-refractivity contribution in [1.29, 1.82) is 0 Å². The number of likely N-dealkylation sites (tertiary alicyclic amines) is 1. The van der Waals surface area contributed by atoms with Gasteiger partial charge in [-0.15, -0.1) is 13.2 Å². The number of fused-ring (bicyclic) bond motifs is 1. The van der Waals surface area contributed by atoms with Crippen LogP contribution in [0.25, 0.3) is 0 Å². The lowest BCUT2D eigenvalue weighted by Crippen LogP contribution is -2.56. The number of aliphatic hydroxyl groups excluding tert-OH is 1. The number of ether oxygens (including phenoxy) is 2. The van der Waals surface area contributed by atoms with E-state index >= 15 is 0 Å². The highest BCUT2D eigenvalue weighted by Gasteiger charge is 2.79. The molecule has 3 saturated heterocycles. The molecule has 1 aromatic carbocycles. The zero-order valence-corrected chi connectivity index (χ0v) is 24.7. The van der Waals surface area contributed by atoms with E-state index in [2.05, 4.69) is 31.9 Å². The van der Waals surface area contributed by atoms with Gasteiger partial charge in [-0.2, -0.15) is 0 Å². The highest BCUT2D eigenvalue weighted by molar-refractivity contribution is 6.05. The van der Waals surface area contributed by atoms with Crippen LogP contribution in [-0.2, 0) is 23.9 Å². The Bertz CT molecular complexity index is 1130. The SMILES string of the molecule is C=CCCCOC(=O)[C@@H]1[C@H]2C(=O)N(CCO)C(C(=O)N(CC=C)c3ccc(N(CC)CC)cc3)C23CC[C@@]1(CC)O3. The van der Waals surface area contributed by atoms with Gasteiger partial charge in [0, 0.05) is 37.6 Å². The molecule has 3 heterocycles. The number of carbonyl (C=O) groups is 3. The molecule has 41 heavy (non-hydrogen) atoms. The number of rotatable bonds is 15. The minimum Gasteiger partial charge on any atom is -0.465 e. The number of amides is 2. The van der Waals surface area contributed by atoms with Gasteiger partial charge in [-0.1, -0.05) is 19.1 Å². The molecule has 9 nitrogen and oxygen atoms in total. The van der Waals surface area contributed by atoms with E-state index in [0.29, 0.717) is 31.4 Å². The first-order chi connectivity index (χ1) is 19.8. The fourth-order valence-corrected chi connectivity index (χ4v) is 7.23. The minimum atomic E-state index is -1.18. The van der Waals surface area contributed by atoms with E-state index in [-0.39, 0.29) is 38.1 Å². The van der Waals surface area contributed by atoms with Crippen molar-refractivity contribution in [1.82, 2.24) is 4.90 Å². The molecule has 2 amide bonds. The maximum absolute atomic E-state index is 14.5. The fraction of sp³-hybridized carbons (Fsp3) is 0.594. The van der Waals surface area contributed by atoms with Crippen molar-refractivity contribution >= 4 is 29.2 Å². The summed E-state index contributed by atoms with van der Waals surface area (Å²) in [6.07, 6.45) is 6.34. The van der Waals surface area contributed by atoms with E-state index < -0.39 is 35.0 Å². The fourth-order valence-electron chi connectivity index (χ4n) is 7.23. The number of esters is 1. The topological polar surface area (TPSA) is 99.6 Å². The first-order valence-corrected chi connectivity index (χ1v) is 14.9. The highest BCUT2D eigenvalue weighted by Crippen LogP contribution is 2.64. The number of hydrogen-bond donors (Lipinski definition) is 1. The molecule has 1 spiro atoms. The summed E-state index contributed by atoms with van der Waals surface area (Å²) < 4.78 is 12.4. The molecule has 3 fully saturated rings. The van der Waals surface area contributed by atoms with E-state index in [1.807, 2.05) is 31.2 Å². The van der Waals surface area contributed by atoms with Gasteiger partial charge in [0.2, 0.25) is 5.91 Å². The van der Waals surface area contributed by atoms with Gasteiger partial charge >= 0.3 is 5.97 Å². The van der Waals surface area contributed by atoms with E-state index in [4.69, 9.17) is 9.47 Å². The Morgan fingerprint density at radius 2 is 1.80 bits per heavy atom. The van der Waals surface area contributed by atoms with Crippen molar-refractivity contribution in [2.45, 2.75) is 70.1 Å². The maximum atomic E-state index is 14.5. The van der Waals surface area contributed by atoms with Crippen LogP contribution in [0.15, 0.2) is 49.6 Å². The van der Waals surface area contributed by atoms with Crippen molar-refractivity contribution in [2.24, 2.45) is 11.8 Å². The normalized spacial score (nSPS) is 28.0. The van der Waals surface area contributed by atoms with E-state index in [0.717, 1.165) is 25.2 Å². The summed E-state index contributed by atoms with van der Waals surface area (Å²) in [6, 6.07) is 6.80. The number of carbonyl (C=O) groups excluding carboxylic acids is 3. The van der Waals surface area contributed by atoms with Crippen molar-refractivity contribution in [3.05, 3.63) is 49.6 Å². The molecule has 0 aromatic heterocycles. The smallest absolute Gasteiger partial charge is 0.312 e. The summed E-state index contributed by atoms with van der Waals surface area (Å²) in [4.78, 5) is 47.4. The Balaban J connectivity index is 1.71. The molecule has 9 heteroatoms. The van der Waals surface area contributed by atoms with Gasteiger partial charge in [0.1, 0.15) is 17.6 Å². The van der Waals surface area contributed by atoms with Gasteiger partial charge in [0.15, 0.2) is 0 Å². The van der Waals surface area contributed by atoms with Crippen LogP contribution in [0.1, 0.15) is 52.9 Å².